The third kappa shape index (κ3) is 2.27. The van der Waals surface area contributed by atoms with Crippen LogP contribution in [0.4, 0.5) is 0 Å². The molecule has 0 aliphatic carbocycles. The number of rotatable bonds is 1. The summed E-state index contributed by atoms with van der Waals surface area (Å²) in [6.07, 6.45) is 2.43. The molecule has 16 heavy (non-hydrogen) atoms. The first-order valence-corrected chi connectivity index (χ1v) is 5.54. The number of esters is 1. The molecule has 1 heterocycles. The summed E-state index contributed by atoms with van der Waals surface area (Å²) < 4.78 is 5.22. The molecule has 0 aromatic heterocycles. The predicted octanol–water partition coefficient (Wildman–Crippen LogP) is 3.45. The van der Waals surface area contributed by atoms with Gasteiger partial charge in [0.05, 0.1) is 0 Å². The summed E-state index contributed by atoms with van der Waals surface area (Å²) in [4.78, 5) is 11.6. The summed E-state index contributed by atoms with van der Waals surface area (Å²) in [6, 6.07) is 7.44. The summed E-state index contributed by atoms with van der Waals surface area (Å²) in [5.74, 6) is -0.245. The number of benzene rings is 1. The first-order chi connectivity index (χ1) is 7.48. The van der Waals surface area contributed by atoms with E-state index in [1.807, 2.05) is 32.0 Å². The van der Waals surface area contributed by atoms with E-state index in [0.29, 0.717) is 17.0 Å². The van der Waals surface area contributed by atoms with Crippen molar-refractivity contribution in [2.24, 2.45) is 0 Å². The summed E-state index contributed by atoms with van der Waals surface area (Å²) >= 11 is 6.02. The lowest BCUT2D eigenvalue weighted by atomic mass is 10.0. The van der Waals surface area contributed by atoms with Gasteiger partial charge in [-0.1, -0.05) is 29.8 Å². The molecule has 0 bridgehead atoms. The van der Waals surface area contributed by atoms with E-state index in [4.69, 9.17) is 16.3 Å². The van der Waals surface area contributed by atoms with Gasteiger partial charge in [-0.25, -0.2) is 4.79 Å². The maximum absolute atomic E-state index is 11.6. The lowest BCUT2D eigenvalue weighted by Crippen LogP contribution is -2.17. The van der Waals surface area contributed by atoms with E-state index in [1.165, 1.54) is 0 Å². The molecule has 1 saturated heterocycles. The molecule has 0 spiro atoms. The van der Waals surface area contributed by atoms with Crippen molar-refractivity contribution in [2.45, 2.75) is 25.9 Å². The van der Waals surface area contributed by atoms with Crippen LogP contribution >= 0.6 is 11.6 Å². The molecule has 1 aliphatic rings. The van der Waals surface area contributed by atoms with Crippen LogP contribution in [0.1, 0.15) is 25.8 Å². The summed E-state index contributed by atoms with van der Waals surface area (Å²) in [7, 11) is 0. The topological polar surface area (TPSA) is 26.3 Å². The van der Waals surface area contributed by atoms with Crippen molar-refractivity contribution in [1.29, 1.82) is 0 Å². The zero-order valence-corrected chi connectivity index (χ0v) is 10.0. The average Bonchev–Trinajstić information content (AvgIpc) is 2.44. The van der Waals surface area contributed by atoms with Crippen LogP contribution in [0.2, 0.25) is 5.02 Å². The Balaban J connectivity index is 2.33. The zero-order chi connectivity index (χ0) is 11.8. The van der Waals surface area contributed by atoms with Crippen molar-refractivity contribution >= 4 is 23.6 Å². The number of cyclic esters (lactones) is 1. The van der Waals surface area contributed by atoms with Crippen LogP contribution in [0.5, 0.6) is 0 Å². The van der Waals surface area contributed by atoms with E-state index in [-0.39, 0.29) is 5.97 Å². The molecule has 0 atom stereocenters. The van der Waals surface area contributed by atoms with E-state index in [1.54, 1.807) is 12.1 Å². The van der Waals surface area contributed by atoms with Gasteiger partial charge < -0.3 is 4.74 Å². The molecule has 0 amide bonds. The molecule has 84 valence electrons. The van der Waals surface area contributed by atoms with Gasteiger partial charge in [0.15, 0.2) is 0 Å². The Hall–Kier alpha value is -1.28. The van der Waals surface area contributed by atoms with Crippen molar-refractivity contribution < 1.29 is 9.53 Å². The Morgan fingerprint density at radius 3 is 2.62 bits per heavy atom. The maximum atomic E-state index is 11.6. The normalized spacial score (nSPS) is 21.2. The Morgan fingerprint density at radius 2 is 2.06 bits per heavy atom. The van der Waals surface area contributed by atoms with Crippen molar-refractivity contribution in [1.82, 2.24) is 0 Å². The van der Waals surface area contributed by atoms with Gasteiger partial charge in [-0.05, 0) is 31.6 Å². The molecule has 0 N–H and O–H groups in total. The van der Waals surface area contributed by atoms with E-state index in [9.17, 15) is 4.79 Å². The molecule has 0 radical (unpaired) electrons. The third-order valence-electron chi connectivity index (χ3n) is 2.48. The van der Waals surface area contributed by atoms with Crippen LogP contribution in [0.3, 0.4) is 0 Å². The minimum atomic E-state index is -0.399. The van der Waals surface area contributed by atoms with Crippen LogP contribution in [0.15, 0.2) is 29.8 Å². The summed E-state index contributed by atoms with van der Waals surface area (Å²) in [6.45, 7) is 3.80. The Labute approximate surface area is 99.9 Å². The third-order valence-corrected chi connectivity index (χ3v) is 2.83. The number of hydrogen-bond acceptors (Lipinski definition) is 2. The quantitative estimate of drug-likeness (QED) is 0.552. The largest absolute Gasteiger partial charge is 0.456 e. The predicted molar refractivity (Wildman–Crippen MR) is 64.2 cm³/mol. The van der Waals surface area contributed by atoms with Gasteiger partial charge in [-0.15, -0.1) is 0 Å². The molecule has 1 aromatic carbocycles. The van der Waals surface area contributed by atoms with E-state index in [2.05, 4.69) is 0 Å². The van der Waals surface area contributed by atoms with E-state index < -0.39 is 5.60 Å². The lowest BCUT2D eigenvalue weighted by molar-refractivity contribution is -0.143. The van der Waals surface area contributed by atoms with Gasteiger partial charge in [0.25, 0.3) is 0 Å². The van der Waals surface area contributed by atoms with Crippen LogP contribution in [0, 0.1) is 0 Å². The summed E-state index contributed by atoms with van der Waals surface area (Å²) in [5.41, 5.74) is 1.14. The van der Waals surface area contributed by atoms with Crippen molar-refractivity contribution in [3.05, 3.63) is 40.4 Å². The minimum Gasteiger partial charge on any atom is -0.456 e. The molecular formula is C13H13ClO2. The molecular weight excluding hydrogens is 224 g/mol. The van der Waals surface area contributed by atoms with Gasteiger partial charge in [0, 0.05) is 17.0 Å². The van der Waals surface area contributed by atoms with Gasteiger partial charge in [0.2, 0.25) is 0 Å². The smallest absolute Gasteiger partial charge is 0.334 e. The highest BCUT2D eigenvalue weighted by atomic mass is 35.5. The Kier molecular flexibility index (Phi) is 2.76. The zero-order valence-electron chi connectivity index (χ0n) is 9.29. The fraction of sp³-hybridized carbons (Fsp3) is 0.308. The Bertz CT molecular complexity index is 461. The second kappa shape index (κ2) is 3.95. The molecule has 2 nitrogen and oxygen atoms in total. The van der Waals surface area contributed by atoms with Crippen molar-refractivity contribution in [2.75, 3.05) is 0 Å². The van der Waals surface area contributed by atoms with Gasteiger partial charge in [-0.2, -0.15) is 0 Å². The molecule has 0 saturated carbocycles. The van der Waals surface area contributed by atoms with Crippen molar-refractivity contribution in [3.8, 4) is 0 Å². The fourth-order valence-electron chi connectivity index (χ4n) is 1.77. The molecule has 0 unspecified atom stereocenters. The molecule has 2 rings (SSSR count). The number of ether oxygens (including phenoxy) is 1. The average molecular weight is 237 g/mol. The molecule has 3 heteroatoms. The molecule has 1 fully saturated rings. The minimum absolute atomic E-state index is 0.245. The number of hydrogen-bond donors (Lipinski definition) is 0. The van der Waals surface area contributed by atoms with Crippen LogP contribution in [0.25, 0.3) is 6.08 Å². The number of carbonyl (C=O) groups is 1. The first-order valence-electron chi connectivity index (χ1n) is 5.16. The number of halogens is 1. The van der Waals surface area contributed by atoms with Gasteiger partial charge >= 0.3 is 5.97 Å². The number of carbonyl (C=O) groups excluding carboxylic acids is 1. The second-order valence-corrected chi connectivity index (χ2v) is 4.92. The van der Waals surface area contributed by atoms with Crippen molar-refractivity contribution in [3.63, 3.8) is 0 Å². The SMILES string of the molecule is CC1(C)CC(=Cc2ccccc2Cl)C(=O)O1. The van der Waals surface area contributed by atoms with E-state index >= 15 is 0 Å². The lowest BCUT2D eigenvalue weighted by Gasteiger charge is -2.13. The van der Waals surface area contributed by atoms with Gasteiger partial charge in [0.1, 0.15) is 5.60 Å². The monoisotopic (exact) mass is 236 g/mol. The fourth-order valence-corrected chi connectivity index (χ4v) is 1.96. The molecule has 1 aliphatic heterocycles. The molecule has 1 aromatic rings. The van der Waals surface area contributed by atoms with E-state index in [0.717, 1.165) is 5.56 Å². The maximum Gasteiger partial charge on any atom is 0.334 e. The second-order valence-electron chi connectivity index (χ2n) is 4.52. The highest BCUT2D eigenvalue weighted by Gasteiger charge is 2.35. The van der Waals surface area contributed by atoms with Gasteiger partial charge in [-0.3, -0.25) is 0 Å². The Morgan fingerprint density at radius 1 is 1.38 bits per heavy atom. The van der Waals surface area contributed by atoms with Crippen LogP contribution < -0.4 is 0 Å². The highest BCUT2D eigenvalue weighted by molar-refractivity contribution is 6.32. The summed E-state index contributed by atoms with van der Waals surface area (Å²) in [5, 5.41) is 0.646. The van der Waals surface area contributed by atoms with Crippen LogP contribution in [-0.2, 0) is 9.53 Å². The first kappa shape index (κ1) is 11.2. The standard InChI is InChI=1S/C13H13ClO2/c1-13(2)8-10(12(15)16-13)7-9-5-3-4-6-11(9)14/h3-7H,8H2,1-2H3. The highest BCUT2D eigenvalue weighted by Crippen LogP contribution is 2.32. The van der Waals surface area contributed by atoms with Crippen LogP contribution in [-0.4, -0.2) is 11.6 Å².